The van der Waals surface area contributed by atoms with Crippen LogP contribution in [0.5, 0.6) is 0 Å². The van der Waals surface area contributed by atoms with Gasteiger partial charge in [-0.05, 0) is 49.0 Å². The van der Waals surface area contributed by atoms with Crippen molar-refractivity contribution in [2.24, 2.45) is 0 Å². The van der Waals surface area contributed by atoms with E-state index in [-0.39, 0.29) is 0 Å². The summed E-state index contributed by atoms with van der Waals surface area (Å²) in [6.45, 7) is 7.15. The predicted octanol–water partition coefficient (Wildman–Crippen LogP) is 5.69. The molecule has 0 unspecified atom stereocenters. The molecule has 0 N–H and O–H groups in total. The number of rotatable bonds is 3. The van der Waals surface area contributed by atoms with Crippen molar-refractivity contribution in [2.75, 3.05) is 19.6 Å². The molecule has 0 bridgehead atoms. The molecule has 0 aromatic heterocycles. The van der Waals surface area contributed by atoms with Crippen LogP contribution in [0.4, 0.5) is 0 Å². The molecule has 122 valence electrons. The average molecular weight is 354 g/mol. The second kappa shape index (κ2) is 7.94. The van der Waals surface area contributed by atoms with E-state index < -0.39 is 0 Å². The third kappa shape index (κ3) is 3.87. The molecule has 24 heavy (non-hydrogen) atoms. The minimum atomic E-state index is 0.747. The zero-order chi connectivity index (χ0) is 16.9. The first kappa shape index (κ1) is 17.2. The summed E-state index contributed by atoms with van der Waals surface area (Å²) in [7, 11) is 0. The number of allylic oxidation sites excluding steroid dienone is 1. The fraction of sp³-hybridized carbons (Fsp3) is 0.238. The van der Waals surface area contributed by atoms with E-state index in [1.165, 1.54) is 15.4 Å². The normalized spacial score (nSPS) is 12.6. The van der Waals surface area contributed by atoms with Crippen molar-refractivity contribution in [1.82, 2.24) is 4.90 Å². The van der Waals surface area contributed by atoms with Crippen LogP contribution < -0.4 is 0 Å². The van der Waals surface area contributed by atoms with Crippen LogP contribution in [0.15, 0.2) is 52.3 Å². The van der Waals surface area contributed by atoms with E-state index in [2.05, 4.69) is 67.0 Å². The van der Waals surface area contributed by atoms with Crippen LogP contribution in [0, 0.1) is 11.8 Å². The fourth-order valence-electron chi connectivity index (χ4n) is 2.64. The molecule has 3 heteroatoms. The molecule has 0 amide bonds. The van der Waals surface area contributed by atoms with Gasteiger partial charge in [-0.1, -0.05) is 67.3 Å². The summed E-state index contributed by atoms with van der Waals surface area (Å²) in [5, 5.41) is 0.747. The van der Waals surface area contributed by atoms with Crippen molar-refractivity contribution in [3.63, 3.8) is 0 Å². The third-order valence-corrected chi connectivity index (χ3v) is 5.49. The Bertz CT molecular complexity index is 825. The summed E-state index contributed by atoms with van der Waals surface area (Å²) in [6, 6.07) is 14.5. The summed E-state index contributed by atoms with van der Waals surface area (Å²) in [4.78, 5) is 4.76. The highest BCUT2D eigenvalue weighted by Gasteiger charge is 2.15. The number of benzene rings is 2. The molecular weight excluding hydrogens is 334 g/mol. The van der Waals surface area contributed by atoms with Gasteiger partial charge in [-0.2, -0.15) is 0 Å². The molecule has 2 aromatic carbocycles. The van der Waals surface area contributed by atoms with Crippen LogP contribution in [0.3, 0.4) is 0 Å². The zero-order valence-electron chi connectivity index (χ0n) is 14.0. The monoisotopic (exact) mass is 353 g/mol. The smallest absolute Gasteiger partial charge is 0.0605 e. The zero-order valence-corrected chi connectivity index (χ0v) is 15.5. The van der Waals surface area contributed by atoms with Crippen LogP contribution in [0.1, 0.15) is 25.0 Å². The predicted molar refractivity (Wildman–Crippen MR) is 105 cm³/mol. The minimum absolute atomic E-state index is 0.747. The number of hydrogen-bond donors (Lipinski definition) is 0. The van der Waals surface area contributed by atoms with Gasteiger partial charge < -0.3 is 0 Å². The van der Waals surface area contributed by atoms with Gasteiger partial charge in [0.2, 0.25) is 0 Å². The van der Waals surface area contributed by atoms with E-state index in [1.54, 1.807) is 11.8 Å². The quantitative estimate of drug-likeness (QED) is 0.652. The Morgan fingerprint density at radius 1 is 1.04 bits per heavy atom. The maximum Gasteiger partial charge on any atom is 0.0605 e. The number of hydrogen-bond acceptors (Lipinski definition) is 2. The van der Waals surface area contributed by atoms with Crippen LogP contribution >= 0.6 is 23.4 Å². The first-order valence-corrected chi connectivity index (χ1v) is 9.40. The maximum atomic E-state index is 6.24. The molecule has 0 atom stereocenters. The van der Waals surface area contributed by atoms with E-state index in [9.17, 15) is 0 Å². The van der Waals surface area contributed by atoms with E-state index in [4.69, 9.17) is 11.6 Å². The maximum absolute atomic E-state index is 6.24. The van der Waals surface area contributed by atoms with Gasteiger partial charge >= 0.3 is 0 Å². The van der Waals surface area contributed by atoms with Gasteiger partial charge in [-0.25, -0.2) is 0 Å². The molecule has 1 heterocycles. The van der Waals surface area contributed by atoms with Crippen LogP contribution in [0.2, 0.25) is 5.02 Å². The molecule has 0 saturated carbocycles. The van der Waals surface area contributed by atoms with Gasteiger partial charge in [0, 0.05) is 26.0 Å². The number of nitrogens with zero attached hydrogens (tertiary/aromatic N) is 1. The van der Waals surface area contributed by atoms with Crippen molar-refractivity contribution in [3.8, 4) is 11.8 Å². The van der Waals surface area contributed by atoms with Crippen LogP contribution in [-0.4, -0.2) is 24.5 Å². The van der Waals surface area contributed by atoms with Gasteiger partial charge in [-0.3, -0.25) is 4.90 Å². The molecule has 0 spiro atoms. The Balaban J connectivity index is 2.04. The lowest BCUT2D eigenvalue weighted by Crippen LogP contribution is -2.22. The molecule has 3 rings (SSSR count). The molecule has 0 radical (unpaired) electrons. The molecule has 0 saturated heterocycles. The first-order chi connectivity index (χ1) is 11.7. The second-order valence-electron chi connectivity index (χ2n) is 5.60. The summed E-state index contributed by atoms with van der Waals surface area (Å²) >= 11 is 8.02. The molecular formula is C21H20ClNS. The van der Waals surface area contributed by atoms with E-state index >= 15 is 0 Å². The molecule has 0 aliphatic carbocycles. The summed E-state index contributed by atoms with van der Waals surface area (Å²) in [6.07, 6.45) is 2.18. The Labute approximate surface area is 153 Å². The van der Waals surface area contributed by atoms with Gasteiger partial charge in [0.15, 0.2) is 0 Å². The van der Waals surface area contributed by atoms with Gasteiger partial charge in [-0.15, -0.1) is 0 Å². The summed E-state index contributed by atoms with van der Waals surface area (Å²) in [5.41, 5.74) is 3.37. The van der Waals surface area contributed by atoms with E-state index in [1.807, 2.05) is 12.1 Å². The summed E-state index contributed by atoms with van der Waals surface area (Å²) < 4.78 is 0. The Hall–Kier alpha value is -1.66. The number of fused-ring (bicyclic) bond motifs is 2. The Morgan fingerprint density at radius 2 is 1.83 bits per heavy atom. The Morgan fingerprint density at radius 3 is 2.62 bits per heavy atom. The second-order valence-corrected chi connectivity index (χ2v) is 7.12. The van der Waals surface area contributed by atoms with Gasteiger partial charge in [0.05, 0.1) is 6.54 Å². The minimum Gasteiger partial charge on any atom is -0.293 e. The number of halogens is 1. The van der Waals surface area contributed by atoms with E-state index in [0.29, 0.717) is 0 Å². The molecule has 1 aliphatic heterocycles. The lowest BCUT2D eigenvalue weighted by atomic mass is 10.0. The lowest BCUT2D eigenvalue weighted by molar-refractivity contribution is 0.342. The highest BCUT2D eigenvalue weighted by Crippen LogP contribution is 2.41. The van der Waals surface area contributed by atoms with Crippen molar-refractivity contribution in [1.29, 1.82) is 0 Å². The lowest BCUT2D eigenvalue weighted by Gasteiger charge is -2.13. The molecule has 1 nitrogen and oxygen atoms in total. The third-order valence-electron chi connectivity index (χ3n) is 4.09. The Kier molecular flexibility index (Phi) is 5.68. The highest BCUT2D eigenvalue weighted by atomic mass is 35.5. The molecule has 1 aliphatic rings. The van der Waals surface area contributed by atoms with Crippen molar-refractivity contribution in [3.05, 3.63) is 58.6 Å². The standard InChI is InChI=1S/C21H20ClNS/c1-3-23(4-2)13-7-9-16-14-17-8-5-6-10-20(17)24-21-12-11-18(22)15-19(16)21/h5-6,8,10-12,14-15H,3-4,13H2,1-2H3. The van der Waals surface area contributed by atoms with Gasteiger partial charge in [0.1, 0.15) is 0 Å². The fourth-order valence-corrected chi connectivity index (χ4v) is 3.86. The first-order valence-electron chi connectivity index (χ1n) is 8.21. The molecule has 0 fully saturated rings. The SMILES string of the molecule is CCN(CC)CC#CC1=Cc2ccccc2Sc2ccc(Cl)cc21. The van der Waals surface area contributed by atoms with Crippen molar-refractivity contribution < 1.29 is 0 Å². The van der Waals surface area contributed by atoms with Crippen molar-refractivity contribution in [2.45, 2.75) is 23.6 Å². The van der Waals surface area contributed by atoms with Gasteiger partial charge in [0.25, 0.3) is 0 Å². The molecule has 2 aromatic rings. The average Bonchev–Trinajstić information content (AvgIpc) is 2.75. The topological polar surface area (TPSA) is 3.24 Å². The highest BCUT2D eigenvalue weighted by molar-refractivity contribution is 7.99. The van der Waals surface area contributed by atoms with Crippen LogP contribution in [0.25, 0.3) is 11.6 Å². The largest absolute Gasteiger partial charge is 0.293 e. The van der Waals surface area contributed by atoms with Crippen molar-refractivity contribution >= 4 is 35.0 Å². The van der Waals surface area contributed by atoms with Crippen LogP contribution in [-0.2, 0) is 0 Å². The summed E-state index contributed by atoms with van der Waals surface area (Å²) in [5.74, 6) is 6.71. The van der Waals surface area contributed by atoms with E-state index in [0.717, 1.165) is 35.8 Å².